The number of carbonyl (C=O) groups excluding carboxylic acids is 7. The zero-order valence-electron chi connectivity index (χ0n) is 31.8. The maximum Gasteiger partial charge on any atom is 0.326 e. The number of rotatable bonds is 26. The number of thioether (sulfide) groups is 1. The van der Waals surface area contributed by atoms with Gasteiger partial charge < -0.3 is 58.7 Å². The maximum atomic E-state index is 13.4. The molecule has 20 nitrogen and oxygen atoms in total. The molecule has 54 heavy (non-hydrogen) atoms. The van der Waals surface area contributed by atoms with Crippen molar-refractivity contribution in [2.45, 2.75) is 116 Å². The first-order valence-electron chi connectivity index (χ1n) is 17.5. The van der Waals surface area contributed by atoms with Gasteiger partial charge in [-0.15, -0.1) is 0 Å². The van der Waals surface area contributed by atoms with Gasteiger partial charge in [0.1, 0.15) is 36.3 Å². The van der Waals surface area contributed by atoms with Gasteiger partial charge >= 0.3 is 11.9 Å². The van der Waals surface area contributed by atoms with Crippen LogP contribution in [0.5, 0.6) is 0 Å². The van der Waals surface area contributed by atoms with E-state index in [0.717, 1.165) is 0 Å². The third-order valence-corrected chi connectivity index (χ3v) is 8.56. The number of carbonyl (C=O) groups is 9. The monoisotopic (exact) mass is 790 g/mol. The summed E-state index contributed by atoms with van der Waals surface area (Å²) < 4.78 is 0. The average Bonchev–Trinajstić information content (AvgIpc) is 3.06. The highest BCUT2D eigenvalue weighted by Gasteiger charge is 2.35. The fraction of sp³-hybridized carbons (Fsp3) is 0.727. The second-order valence-electron chi connectivity index (χ2n) is 13.8. The molecular weight excluding hydrogens is 732 g/mol. The second kappa shape index (κ2) is 24.7. The van der Waals surface area contributed by atoms with Crippen molar-refractivity contribution in [3.8, 4) is 0 Å². The van der Waals surface area contributed by atoms with Crippen LogP contribution in [-0.2, 0) is 43.2 Å². The lowest BCUT2D eigenvalue weighted by molar-refractivity contribution is -0.144. The summed E-state index contributed by atoms with van der Waals surface area (Å²) in [6.07, 6.45) is 0.653. The van der Waals surface area contributed by atoms with Crippen molar-refractivity contribution in [1.82, 2.24) is 31.9 Å². The molecule has 0 unspecified atom stereocenters. The van der Waals surface area contributed by atoms with Gasteiger partial charge in [0.25, 0.3) is 0 Å². The predicted octanol–water partition coefficient (Wildman–Crippen LogP) is -2.85. The second-order valence-corrected chi connectivity index (χ2v) is 14.8. The molecule has 0 saturated carbocycles. The van der Waals surface area contributed by atoms with E-state index in [1.807, 2.05) is 6.26 Å². The molecule has 0 aliphatic heterocycles. The number of aliphatic carboxylic acids is 2. The number of carboxylic acids is 2. The van der Waals surface area contributed by atoms with Crippen LogP contribution in [0, 0.1) is 17.8 Å². The molecule has 0 rings (SSSR count). The van der Waals surface area contributed by atoms with Gasteiger partial charge in [0, 0.05) is 6.42 Å². The standard InChI is InChI=1S/C33H58N8O12S/c1-15(2)12-20(29(48)38-21(33(52)53)13-23(35)43)37-31(50)25(16(3)4)41-30(49)22(14-42)39-32(51)26(17(5)6)40-28(47)19(8-9-24(44)45)36-27(46)18(34)10-11-54-7/h15-22,25-26,42H,8-14,34H2,1-7H3,(H2,35,43)(H,36,46)(H,37,50)(H,38,48)(H,39,51)(H,40,47)(H,41,49)(H,44,45)(H,52,53)/t18-,19-,20-,21-,22-,25-,26-/m0/s1. The Kier molecular flexibility index (Phi) is 22.7. The highest BCUT2D eigenvalue weighted by atomic mass is 32.2. The minimum atomic E-state index is -1.65. The van der Waals surface area contributed by atoms with Crippen LogP contribution in [-0.4, -0.2) is 130 Å². The molecule has 0 aliphatic carbocycles. The zero-order valence-corrected chi connectivity index (χ0v) is 32.6. The molecule has 0 spiro atoms. The van der Waals surface area contributed by atoms with Gasteiger partial charge in [0.15, 0.2) is 0 Å². The first-order valence-corrected chi connectivity index (χ1v) is 18.9. The third-order valence-electron chi connectivity index (χ3n) is 7.92. The van der Waals surface area contributed by atoms with Gasteiger partial charge in [-0.3, -0.25) is 38.4 Å². The molecular formula is C33H58N8O12S. The molecule has 0 fully saturated rings. The fourth-order valence-corrected chi connectivity index (χ4v) is 5.35. The van der Waals surface area contributed by atoms with Gasteiger partial charge in [-0.05, 0) is 49.0 Å². The molecule has 7 amide bonds. The van der Waals surface area contributed by atoms with Crippen molar-refractivity contribution < 1.29 is 58.5 Å². The van der Waals surface area contributed by atoms with E-state index in [1.165, 1.54) is 11.8 Å². The van der Waals surface area contributed by atoms with Crippen LogP contribution < -0.4 is 43.4 Å². The highest BCUT2D eigenvalue weighted by molar-refractivity contribution is 7.98. The maximum absolute atomic E-state index is 13.4. The molecule has 13 N–H and O–H groups in total. The van der Waals surface area contributed by atoms with Crippen molar-refractivity contribution in [2.75, 3.05) is 18.6 Å². The lowest BCUT2D eigenvalue weighted by Gasteiger charge is -2.29. The molecule has 0 aromatic rings. The summed E-state index contributed by atoms with van der Waals surface area (Å²) in [5.41, 5.74) is 11.0. The molecule has 0 saturated heterocycles. The number of carboxylic acid groups (broad SMARTS) is 2. The van der Waals surface area contributed by atoms with E-state index in [9.17, 15) is 58.5 Å². The summed E-state index contributed by atoms with van der Waals surface area (Å²) in [6, 6.07) is -9.59. The lowest BCUT2D eigenvalue weighted by atomic mass is 9.99. The fourth-order valence-electron chi connectivity index (χ4n) is 4.86. The summed E-state index contributed by atoms with van der Waals surface area (Å²) in [4.78, 5) is 113. The van der Waals surface area contributed by atoms with E-state index in [0.29, 0.717) is 12.2 Å². The third kappa shape index (κ3) is 18.5. The Morgan fingerprint density at radius 1 is 0.611 bits per heavy atom. The Balaban J connectivity index is 5.98. The van der Waals surface area contributed by atoms with Crippen LogP contribution in [0.3, 0.4) is 0 Å². The van der Waals surface area contributed by atoms with Gasteiger partial charge in [-0.25, -0.2) is 4.79 Å². The van der Waals surface area contributed by atoms with E-state index in [-0.39, 0.29) is 18.8 Å². The zero-order chi connectivity index (χ0) is 41.9. The summed E-state index contributed by atoms with van der Waals surface area (Å²) >= 11 is 1.45. The largest absolute Gasteiger partial charge is 0.481 e. The van der Waals surface area contributed by atoms with Crippen molar-refractivity contribution in [2.24, 2.45) is 29.2 Å². The number of aliphatic hydroxyl groups excluding tert-OH is 1. The quantitative estimate of drug-likeness (QED) is 0.0420. The number of nitrogens with two attached hydrogens (primary N) is 2. The first-order chi connectivity index (χ1) is 25.0. The van der Waals surface area contributed by atoms with Crippen LogP contribution in [0.2, 0.25) is 0 Å². The molecule has 0 aromatic heterocycles. The number of hydrogen-bond acceptors (Lipinski definition) is 12. The molecule has 0 bridgehead atoms. The normalized spacial score (nSPS) is 15.1. The summed E-state index contributed by atoms with van der Waals surface area (Å²) in [5, 5.41) is 43.0. The van der Waals surface area contributed by atoms with Gasteiger partial charge in [0.2, 0.25) is 41.4 Å². The Morgan fingerprint density at radius 2 is 1.06 bits per heavy atom. The number of primary amides is 1. The van der Waals surface area contributed by atoms with Crippen LogP contribution in [0.15, 0.2) is 0 Å². The van der Waals surface area contributed by atoms with Crippen molar-refractivity contribution in [3.05, 3.63) is 0 Å². The summed E-state index contributed by atoms with van der Waals surface area (Å²) in [7, 11) is 0. The van der Waals surface area contributed by atoms with Crippen molar-refractivity contribution in [3.63, 3.8) is 0 Å². The molecule has 308 valence electrons. The van der Waals surface area contributed by atoms with E-state index in [1.54, 1.807) is 41.5 Å². The SMILES string of the molecule is CSCC[C@H](N)C(=O)N[C@@H](CCC(=O)O)C(=O)N[C@H](C(=O)N[C@@H](CO)C(=O)N[C@H](C(=O)N[C@@H](CC(C)C)C(=O)N[C@@H](CC(N)=O)C(=O)O)C(C)C)C(C)C. The average molecular weight is 791 g/mol. The summed E-state index contributed by atoms with van der Waals surface area (Å²) in [5.74, 6) is -9.84. The van der Waals surface area contributed by atoms with Gasteiger partial charge in [-0.2, -0.15) is 11.8 Å². The van der Waals surface area contributed by atoms with E-state index in [4.69, 9.17) is 11.5 Å². The topological polar surface area (TPSA) is 339 Å². The van der Waals surface area contributed by atoms with E-state index in [2.05, 4.69) is 31.9 Å². The molecule has 0 aromatic carbocycles. The Morgan fingerprint density at radius 3 is 1.46 bits per heavy atom. The number of aliphatic hydroxyl groups is 1. The molecule has 0 radical (unpaired) electrons. The highest BCUT2D eigenvalue weighted by Crippen LogP contribution is 2.11. The number of nitrogens with one attached hydrogen (secondary N) is 6. The predicted molar refractivity (Wildman–Crippen MR) is 197 cm³/mol. The minimum absolute atomic E-state index is 0.0442. The van der Waals surface area contributed by atoms with Crippen LogP contribution >= 0.6 is 11.8 Å². The molecule has 21 heteroatoms. The van der Waals surface area contributed by atoms with Crippen molar-refractivity contribution in [1.29, 1.82) is 0 Å². The number of amides is 7. The Hall–Kier alpha value is -4.50. The minimum Gasteiger partial charge on any atom is -0.481 e. The Bertz CT molecular complexity index is 1330. The van der Waals surface area contributed by atoms with Crippen LogP contribution in [0.4, 0.5) is 0 Å². The Labute approximate surface area is 318 Å². The number of hydrogen-bond donors (Lipinski definition) is 11. The summed E-state index contributed by atoms with van der Waals surface area (Å²) in [6.45, 7) is 8.81. The van der Waals surface area contributed by atoms with Gasteiger partial charge in [-0.1, -0.05) is 41.5 Å². The van der Waals surface area contributed by atoms with Crippen LogP contribution in [0.25, 0.3) is 0 Å². The molecule has 0 aliphatic rings. The first kappa shape index (κ1) is 49.5. The van der Waals surface area contributed by atoms with Gasteiger partial charge in [0.05, 0.1) is 19.1 Å². The van der Waals surface area contributed by atoms with Crippen LogP contribution in [0.1, 0.15) is 73.6 Å². The smallest absolute Gasteiger partial charge is 0.326 e. The van der Waals surface area contributed by atoms with E-state index < -0.39 is 127 Å². The molecule has 7 atom stereocenters. The lowest BCUT2D eigenvalue weighted by Crippen LogP contribution is -2.62. The van der Waals surface area contributed by atoms with E-state index >= 15 is 0 Å². The van der Waals surface area contributed by atoms with Crippen molar-refractivity contribution >= 4 is 65.1 Å². The molecule has 0 heterocycles.